The molecule has 1 N–H and O–H groups in total. The summed E-state index contributed by atoms with van der Waals surface area (Å²) in [5, 5.41) is 8.58. The van der Waals surface area contributed by atoms with Crippen molar-refractivity contribution >= 4 is 5.78 Å². The Kier molecular flexibility index (Phi) is 3.58. The zero-order chi connectivity index (χ0) is 8.20. The third-order valence-corrected chi connectivity index (χ3v) is 2.38. The van der Waals surface area contributed by atoms with Gasteiger partial charge < -0.3 is 5.11 Å². The van der Waals surface area contributed by atoms with Gasteiger partial charge in [0.05, 0.1) is 0 Å². The molecular weight excluding hydrogens is 128 g/mol. The van der Waals surface area contributed by atoms with Gasteiger partial charge in [0.15, 0.2) is 5.78 Å². The van der Waals surface area contributed by atoms with E-state index >= 15 is 0 Å². The number of ketones is 1. The Labute approximate surface area is 62.2 Å². The van der Waals surface area contributed by atoms with Crippen LogP contribution in [0.3, 0.4) is 0 Å². The Morgan fingerprint density at radius 3 is 1.90 bits per heavy atom. The highest BCUT2D eigenvalue weighted by molar-refractivity contribution is 5.85. The van der Waals surface area contributed by atoms with Crippen LogP contribution in [-0.2, 0) is 4.79 Å². The maximum absolute atomic E-state index is 11.0. The molecule has 0 saturated carbocycles. The normalized spacial score (nSPS) is 11.6. The fraction of sp³-hybridized carbons (Fsp3) is 0.875. The van der Waals surface area contributed by atoms with E-state index in [0.717, 1.165) is 12.8 Å². The molecule has 0 aromatic carbocycles. The van der Waals surface area contributed by atoms with Gasteiger partial charge in [-0.3, -0.25) is 4.79 Å². The minimum Gasteiger partial charge on any atom is -0.389 e. The van der Waals surface area contributed by atoms with Gasteiger partial charge in [-0.25, -0.2) is 0 Å². The summed E-state index contributed by atoms with van der Waals surface area (Å²) in [6, 6.07) is 0. The number of rotatable bonds is 4. The molecule has 0 rings (SSSR count). The summed E-state index contributed by atoms with van der Waals surface area (Å²) in [4.78, 5) is 11.0. The monoisotopic (exact) mass is 144 g/mol. The first-order valence-corrected chi connectivity index (χ1v) is 3.75. The van der Waals surface area contributed by atoms with E-state index in [1.54, 1.807) is 0 Å². The maximum atomic E-state index is 11.0. The lowest BCUT2D eigenvalue weighted by Crippen LogP contribution is -2.28. The van der Waals surface area contributed by atoms with Crippen LogP contribution in [0, 0.1) is 5.41 Å². The number of carbonyl (C=O) groups excluding carboxylic acids is 1. The van der Waals surface area contributed by atoms with Gasteiger partial charge in [0.2, 0.25) is 0 Å². The summed E-state index contributed by atoms with van der Waals surface area (Å²) in [5.74, 6) is -0.0440. The first-order valence-electron chi connectivity index (χ1n) is 3.75. The molecule has 0 spiro atoms. The van der Waals surface area contributed by atoms with E-state index in [4.69, 9.17) is 5.11 Å². The summed E-state index contributed by atoms with van der Waals surface area (Å²) in [7, 11) is 0. The van der Waals surface area contributed by atoms with Crippen LogP contribution in [0.2, 0.25) is 0 Å². The average Bonchev–Trinajstić information content (AvgIpc) is 2.01. The predicted octanol–water partition coefficient (Wildman–Crippen LogP) is 1.37. The molecule has 10 heavy (non-hydrogen) atoms. The molecule has 0 aromatic heterocycles. The van der Waals surface area contributed by atoms with Crippen molar-refractivity contribution in [1.82, 2.24) is 0 Å². The van der Waals surface area contributed by atoms with Gasteiger partial charge >= 0.3 is 0 Å². The summed E-state index contributed by atoms with van der Waals surface area (Å²) < 4.78 is 0. The number of hydrogen-bond acceptors (Lipinski definition) is 2. The second-order valence-electron chi connectivity index (χ2n) is 2.85. The van der Waals surface area contributed by atoms with E-state index in [1.807, 2.05) is 20.8 Å². The minimum atomic E-state index is -0.321. The molecule has 0 atom stereocenters. The quantitative estimate of drug-likeness (QED) is 0.647. The van der Waals surface area contributed by atoms with E-state index in [9.17, 15) is 4.79 Å². The Morgan fingerprint density at radius 2 is 1.80 bits per heavy atom. The second kappa shape index (κ2) is 3.71. The van der Waals surface area contributed by atoms with Crippen LogP contribution in [0.25, 0.3) is 0 Å². The highest BCUT2D eigenvalue weighted by Crippen LogP contribution is 2.25. The van der Waals surface area contributed by atoms with Crippen molar-refractivity contribution in [3.8, 4) is 0 Å². The fourth-order valence-electron chi connectivity index (χ4n) is 0.835. The van der Waals surface area contributed by atoms with Crippen LogP contribution in [0.4, 0.5) is 0 Å². The molecule has 0 saturated heterocycles. The van der Waals surface area contributed by atoms with Crippen molar-refractivity contribution in [3.63, 3.8) is 0 Å². The Hall–Kier alpha value is -0.370. The molecule has 0 heterocycles. The third kappa shape index (κ3) is 1.81. The van der Waals surface area contributed by atoms with Gasteiger partial charge in [-0.2, -0.15) is 0 Å². The summed E-state index contributed by atoms with van der Waals surface area (Å²) in [6.45, 7) is 5.51. The molecule has 0 radical (unpaired) electrons. The molecule has 0 bridgehead atoms. The largest absolute Gasteiger partial charge is 0.389 e. The molecular formula is C8H16O2. The fourth-order valence-corrected chi connectivity index (χ4v) is 0.835. The lowest BCUT2D eigenvalue weighted by molar-refractivity contribution is -0.131. The Bertz CT molecular complexity index is 114. The van der Waals surface area contributed by atoms with Crippen LogP contribution >= 0.6 is 0 Å². The number of hydrogen-bond donors (Lipinski definition) is 1. The van der Waals surface area contributed by atoms with Crippen molar-refractivity contribution in [3.05, 3.63) is 0 Å². The highest BCUT2D eigenvalue weighted by atomic mass is 16.3. The van der Waals surface area contributed by atoms with Crippen LogP contribution in [0.15, 0.2) is 0 Å². The van der Waals surface area contributed by atoms with Crippen molar-refractivity contribution in [2.24, 2.45) is 5.41 Å². The van der Waals surface area contributed by atoms with Gasteiger partial charge in [0, 0.05) is 5.41 Å². The number of aliphatic hydroxyl groups excluding tert-OH is 1. The van der Waals surface area contributed by atoms with Crippen molar-refractivity contribution in [2.75, 3.05) is 6.61 Å². The van der Waals surface area contributed by atoms with Gasteiger partial charge in [0.25, 0.3) is 0 Å². The van der Waals surface area contributed by atoms with Gasteiger partial charge in [-0.1, -0.05) is 20.8 Å². The third-order valence-electron chi connectivity index (χ3n) is 2.38. The van der Waals surface area contributed by atoms with Crippen molar-refractivity contribution in [1.29, 1.82) is 0 Å². The summed E-state index contributed by atoms with van der Waals surface area (Å²) in [6.07, 6.45) is 1.62. The minimum absolute atomic E-state index is 0.0440. The lowest BCUT2D eigenvalue weighted by Gasteiger charge is -2.23. The maximum Gasteiger partial charge on any atom is 0.163 e. The zero-order valence-corrected chi connectivity index (χ0v) is 6.98. The number of Topliss-reactive ketones (excluding diaryl/α,β-unsaturated/α-hetero) is 1. The molecule has 60 valence electrons. The molecule has 0 unspecified atom stereocenters. The first-order chi connectivity index (χ1) is 4.60. The standard InChI is InChI=1S/C8H16O2/c1-4-8(3,5-2)7(10)6-9/h9H,4-6H2,1-3H3. The highest BCUT2D eigenvalue weighted by Gasteiger charge is 2.27. The summed E-state index contributed by atoms with van der Waals surface area (Å²) in [5.41, 5.74) is -0.297. The topological polar surface area (TPSA) is 37.3 Å². The smallest absolute Gasteiger partial charge is 0.163 e. The number of carbonyl (C=O) groups is 1. The van der Waals surface area contributed by atoms with E-state index in [-0.39, 0.29) is 17.8 Å². The molecule has 0 aliphatic carbocycles. The molecule has 0 amide bonds. The van der Waals surface area contributed by atoms with E-state index in [1.165, 1.54) is 0 Å². The zero-order valence-electron chi connectivity index (χ0n) is 6.98. The first kappa shape index (κ1) is 9.63. The van der Waals surface area contributed by atoms with Crippen LogP contribution < -0.4 is 0 Å². The molecule has 0 fully saturated rings. The number of aliphatic hydroxyl groups is 1. The van der Waals surface area contributed by atoms with Gasteiger partial charge in [-0.15, -0.1) is 0 Å². The predicted molar refractivity (Wildman–Crippen MR) is 40.8 cm³/mol. The molecule has 0 aliphatic rings. The molecule has 2 heteroatoms. The van der Waals surface area contributed by atoms with Gasteiger partial charge in [-0.05, 0) is 12.8 Å². The van der Waals surface area contributed by atoms with Gasteiger partial charge in [0.1, 0.15) is 6.61 Å². The Balaban J connectivity index is 4.17. The lowest BCUT2D eigenvalue weighted by atomic mass is 9.81. The molecule has 0 aromatic rings. The van der Waals surface area contributed by atoms with E-state index < -0.39 is 0 Å². The average molecular weight is 144 g/mol. The molecule has 0 aliphatic heterocycles. The SMILES string of the molecule is CCC(C)(CC)C(=O)CO. The van der Waals surface area contributed by atoms with Crippen LogP contribution in [0.5, 0.6) is 0 Å². The van der Waals surface area contributed by atoms with E-state index in [2.05, 4.69) is 0 Å². The van der Waals surface area contributed by atoms with E-state index in [0.29, 0.717) is 0 Å². The van der Waals surface area contributed by atoms with Crippen molar-refractivity contribution < 1.29 is 9.90 Å². The Morgan fingerprint density at radius 1 is 1.40 bits per heavy atom. The van der Waals surface area contributed by atoms with Crippen LogP contribution in [0.1, 0.15) is 33.6 Å². The van der Waals surface area contributed by atoms with Crippen LogP contribution in [-0.4, -0.2) is 17.5 Å². The second-order valence-corrected chi connectivity index (χ2v) is 2.85. The summed E-state index contributed by atoms with van der Waals surface area (Å²) >= 11 is 0. The molecule has 2 nitrogen and oxygen atoms in total. The van der Waals surface area contributed by atoms with Crippen molar-refractivity contribution in [2.45, 2.75) is 33.6 Å².